The van der Waals surface area contributed by atoms with Crippen LogP contribution in [0.5, 0.6) is 0 Å². The number of hydrogen-bond acceptors (Lipinski definition) is 3. The molecule has 0 spiro atoms. The highest BCUT2D eigenvalue weighted by molar-refractivity contribution is 7.98. The Morgan fingerprint density at radius 1 is 1.26 bits per heavy atom. The molecule has 2 saturated carbocycles. The first-order valence-electron chi connectivity index (χ1n) is 8.52. The fraction of sp³-hybridized carbons (Fsp3) is 0.550. The van der Waals surface area contributed by atoms with Gasteiger partial charge in [0, 0.05) is 16.2 Å². The third-order valence-corrected chi connectivity index (χ3v) is 6.71. The number of carbonyl (C=O) groups excluding carboxylic acids is 1. The van der Waals surface area contributed by atoms with Crippen LogP contribution in [0.4, 0.5) is 0 Å². The number of Topliss-reactive ketones (excluding diaryl/α,β-unsaturated/α-hetero) is 1. The van der Waals surface area contributed by atoms with Gasteiger partial charge in [0.15, 0.2) is 5.78 Å². The van der Waals surface area contributed by atoms with E-state index in [9.17, 15) is 9.90 Å². The molecule has 2 aliphatic rings. The van der Waals surface area contributed by atoms with E-state index in [1.54, 1.807) is 11.8 Å². The molecule has 0 radical (unpaired) electrons. The summed E-state index contributed by atoms with van der Waals surface area (Å²) >= 11 is 1.72. The quantitative estimate of drug-likeness (QED) is 0.637. The zero-order valence-corrected chi connectivity index (χ0v) is 15.0. The maximum Gasteiger partial charge on any atom is 0.161 e. The van der Waals surface area contributed by atoms with E-state index in [1.807, 2.05) is 13.0 Å². The number of allylic oxidation sites excluding steroid dienone is 1. The molecule has 2 aliphatic carbocycles. The number of thioether (sulfide) groups is 1. The lowest BCUT2D eigenvalue weighted by Gasteiger charge is -2.51. The third-order valence-electron chi connectivity index (χ3n) is 5.96. The number of hydrogen-bond donors (Lipinski definition) is 1. The summed E-state index contributed by atoms with van der Waals surface area (Å²) in [7, 11) is 0. The van der Waals surface area contributed by atoms with Crippen LogP contribution < -0.4 is 0 Å². The van der Waals surface area contributed by atoms with Crippen molar-refractivity contribution in [3.63, 3.8) is 0 Å². The highest BCUT2D eigenvalue weighted by Crippen LogP contribution is 2.53. The van der Waals surface area contributed by atoms with Gasteiger partial charge in [-0.2, -0.15) is 0 Å². The van der Waals surface area contributed by atoms with Gasteiger partial charge in [0.05, 0.1) is 6.10 Å². The number of aliphatic hydroxyl groups is 1. The van der Waals surface area contributed by atoms with E-state index in [0.29, 0.717) is 12.3 Å². The fourth-order valence-corrected chi connectivity index (χ4v) is 4.91. The van der Waals surface area contributed by atoms with Crippen molar-refractivity contribution in [3.8, 4) is 0 Å². The zero-order chi connectivity index (χ0) is 16.6. The number of rotatable bonds is 2. The minimum atomic E-state index is -0.293. The summed E-state index contributed by atoms with van der Waals surface area (Å²) in [5.41, 5.74) is 1.80. The highest BCUT2D eigenvalue weighted by atomic mass is 32.2. The predicted octanol–water partition coefficient (Wildman–Crippen LogP) is 4.57. The van der Waals surface area contributed by atoms with Crippen LogP contribution in [0, 0.1) is 17.3 Å². The Bertz CT molecular complexity index is 619. The van der Waals surface area contributed by atoms with Crippen molar-refractivity contribution in [2.75, 3.05) is 6.26 Å². The summed E-state index contributed by atoms with van der Waals surface area (Å²) in [6, 6.07) is 8.33. The Hall–Kier alpha value is -1.06. The van der Waals surface area contributed by atoms with Crippen molar-refractivity contribution in [2.24, 2.45) is 17.3 Å². The molecule has 2 fully saturated rings. The van der Waals surface area contributed by atoms with E-state index in [2.05, 4.69) is 37.4 Å². The summed E-state index contributed by atoms with van der Waals surface area (Å²) in [5.74, 6) is 0.603. The second-order valence-electron chi connectivity index (χ2n) is 7.33. The minimum absolute atomic E-state index is 0.0143. The molecular weight excluding hydrogens is 304 g/mol. The van der Waals surface area contributed by atoms with Gasteiger partial charge in [0.1, 0.15) is 0 Å². The molecule has 1 N–H and O–H groups in total. The van der Waals surface area contributed by atoms with Crippen LogP contribution in [0.1, 0.15) is 45.1 Å². The van der Waals surface area contributed by atoms with Crippen LogP contribution in [0.15, 0.2) is 34.7 Å². The van der Waals surface area contributed by atoms with Crippen molar-refractivity contribution < 1.29 is 9.90 Å². The molecule has 0 aliphatic heterocycles. The van der Waals surface area contributed by atoms with E-state index >= 15 is 0 Å². The van der Waals surface area contributed by atoms with E-state index in [4.69, 9.17) is 0 Å². The molecule has 1 aromatic carbocycles. The van der Waals surface area contributed by atoms with E-state index in [0.717, 1.165) is 30.4 Å². The topological polar surface area (TPSA) is 37.3 Å². The van der Waals surface area contributed by atoms with E-state index < -0.39 is 0 Å². The normalized spacial score (nSPS) is 36.1. The Balaban J connectivity index is 1.92. The van der Waals surface area contributed by atoms with Gasteiger partial charge in [-0.1, -0.05) is 32.4 Å². The SMILES string of the molecule is CSc1ccc(/C=C2\C[C@@]3(C)C(CCC[C@@H]3O)C(C)C2=O)cc1. The van der Waals surface area contributed by atoms with Gasteiger partial charge in [-0.25, -0.2) is 0 Å². The molecule has 4 atom stereocenters. The second kappa shape index (κ2) is 6.45. The van der Waals surface area contributed by atoms with Crippen molar-refractivity contribution in [1.29, 1.82) is 0 Å². The standard InChI is InChI=1S/C20H26O2S/c1-13-17-5-4-6-18(21)20(17,2)12-15(19(13)22)11-14-7-9-16(23-3)10-8-14/h7-11,13,17-18,21H,4-6,12H2,1-3H3/b15-11+/t13?,17?,18-,20-/m0/s1. The molecule has 0 amide bonds. The maximum absolute atomic E-state index is 12.8. The van der Waals surface area contributed by atoms with Gasteiger partial charge >= 0.3 is 0 Å². The fourth-order valence-electron chi connectivity index (χ4n) is 4.50. The molecule has 2 nitrogen and oxygen atoms in total. The van der Waals surface area contributed by atoms with Crippen molar-refractivity contribution in [1.82, 2.24) is 0 Å². The monoisotopic (exact) mass is 330 g/mol. The molecular formula is C20H26O2S. The van der Waals surface area contributed by atoms with Gasteiger partial charge in [-0.05, 0) is 60.8 Å². The summed E-state index contributed by atoms with van der Waals surface area (Å²) in [6.45, 7) is 4.22. The van der Waals surface area contributed by atoms with Crippen molar-refractivity contribution in [2.45, 2.75) is 50.5 Å². The van der Waals surface area contributed by atoms with Crippen molar-refractivity contribution >= 4 is 23.6 Å². The molecule has 0 heterocycles. The van der Waals surface area contributed by atoms with E-state index in [1.165, 1.54) is 4.90 Å². The average Bonchev–Trinajstić information content (AvgIpc) is 2.55. The van der Waals surface area contributed by atoms with Crippen LogP contribution in [0.25, 0.3) is 6.08 Å². The second-order valence-corrected chi connectivity index (χ2v) is 8.21. The van der Waals surface area contributed by atoms with E-state index in [-0.39, 0.29) is 23.2 Å². The molecule has 23 heavy (non-hydrogen) atoms. The number of carbonyl (C=O) groups is 1. The van der Waals surface area contributed by atoms with Crippen LogP contribution >= 0.6 is 11.8 Å². The Kier molecular flexibility index (Phi) is 4.70. The Morgan fingerprint density at radius 2 is 1.96 bits per heavy atom. The Morgan fingerprint density at radius 3 is 2.61 bits per heavy atom. The van der Waals surface area contributed by atoms with Crippen LogP contribution in [0.2, 0.25) is 0 Å². The summed E-state index contributed by atoms with van der Waals surface area (Å²) in [6.07, 6.45) is 7.47. The number of fused-ring (bicyclic) bond motifs is 1. The molecule has 0 saturated heterocycles. The maximum atomic E-state index is 12.8. The first-order chi connectivity index (χ1) is 11.0. The highest BCUT2D eigenvalue weighted by Gasteiger charge is 2.51. The molecule has 1 aromatic rings. The predicted molar refractivity (Wildman–Crippen MR) is 96.4 cm³/mol. The van der Waals surface area contributed by atoms with Gasteiger partial charge in [0.25, 0.3) is 0 Å². The molecule has 3 rings (SSSR count). The average molecular weight is 330 g/mol. The third kappa shape index (κ3) is 3.01. The van der Waals surface area contributed by atoms with Crippen LogP contribution in [0.3, 0.4) is 0 Å². The number of aliphatic hydroxyl groups excluding tert-OH is 1. The Labute approximate surface area is 143 Å². The van der Waals surface area contributed by atoms with Gasteiger partial charge < -0.3 is 5.11 Å². The lowest BCUT2D eigenvalue weighted by Crippen LogP contribution is -2.51. The van der Waals surface area contributed by atoms with Gasteiger partial charge in [0.2, 0.25) is 0 Å². The molecule has 3 heteroatoms. The lowest BCUT2D eigenvalue weighted by molar-refractivity contribution is -0.133. The van der Waals surface area contributed by atoms with Crippen LogP contribution in [-0.4, -0.2) is 23.2 Å². The first-order valence-corrected chi connectivity index (χ1v) is 9.75. The number of benzene rings is 1. The van der Waals surface area contributed by atoms with Crippen LogP contribution in [-0.2, 0) is 4.79 Å². The van der Waals surface area contributed by atoms with Gasteiger partial charge in [-0.3, -0.25) is 4.79 Å². The molecule has 0 bridgehead atoms. The summed E-state index contributed by atoms with van der Waals surface area (Å²) < 4.78 is 0. The lowest BCUT2D eigenvalue weighted by atomic mass is 9.54. The summed E-state index contributed by atoms with van der Waals surface area (Å²) in [4.78, 5) is 14.0. The van der Waals surface area contributed by atoms with Gasteiger partial charge in [-0.15, -0.1) is 11.8 Å². The van der Waals surface area contributed by atoms with Crippen molar-refractivity contribution in [3.05, 3.63) is 35.4 Å². The molecule has 124 valence electrons. The largest absolute Gasteiger partial charge is 0.393 e. The minimum Gasteiger partial charge on any atom is -0.393 e. The summed E-state index contributed by atoms with van der Waals surface area (Å²) in [5, 5.41) is 10.6. The zero-order valence-electron chi connectivity index (χ0n) is 14.2. The molecule has 2 unspecified atom stereocenters. The number of ketones is 1. The smallest absolute Gasteiger partial charge is 0.161 e. The molecule has 0 aromatic heterocycles. The first kappa shape index (κ1) is 16.8.